The first-order valence-corrected chi connectivity index (χ1v) is 9.27. The maximum atomic E-state index is 13.7. The highest BCUT2D eigenvalue weighted by molar-refractivity contribution is 6.04. The molecule has 1 aromatic heterocycles. The SMILES string of the molecule is O=C(Nc1ccccc1F)c1cnc(Nc2ccccc2N2CCOCC2)nc1. The summed E-state index contributed by atoms with van der Waals surface area (Å²) in [6.45, 7) is 3.01. The molecular formula is C21H20FN5O2. The second-order valence-electron chi connectivity index (χ2n) is 6.47. The summed E-state index contributed by atoms with van der Waals surface area (Å²) >= 11 is 0. The van der Waals surface area contributed by atoms with Crippen molar-refractivity contribution in [1.82, 2.24) is 9.97 Å². The molecule has 4 rings (SSSR count). The third kappa shape index (κ3) is 4.49. The van der Waals surface area contributed by atoms with Gasteiger partial charge < -0.3 is 20.3 Å². The lowest BCUT2D eigenvalue weighted by atomic mass is 10.2. The summed E-state index contributed by atoms with van der Waals surface area (Å²) in [7, 11) is 0. The van der Waals surface area contributed by atoms with Gasteiger partial charge in [-0.15, -0.1) is 0 Å². The molecule has 1 amide bonds. The third-order valence-corrected chi connectivity index (χ3v) is 4.54. The van der Waals surface area contributed by atoms with Gasteiger partial charge in [-0.25, -0.2) is 14.4 Å². The van der Waals surface area contributed by atoms with Gasteiger partial charge in [0.1, 0.15) is 5.82 Å². The Hall–Kier alpha value is -3.52. The molecule has 2 aromatic carbocycles. The topological polar surface area (TPSA) is 79.4 Å². The highest BCUT2D eigenvalue weighted by Gasteiger charge is 2.15. The molecule has 0 radical (unpaired) electrons. The fourth-order valence-corrected chi connectivity index (χ4v) is 3.05. The number of carbonyl (C=O) groups excluding carboxylic acids is 1. The summed E-state index contributed by atoms with van der Waals surface area (Å²) < 4.78 is 19.1. The number of rotatable bonds is 5. The minimum atomic E-state index is -0.500. The van der Waals surface area contributed by atoms with Gasteiger partial charge in [0.15, 0.2) is 0 Å². The number of nitrogens with zero attached hydrogens (tertiary/aromatic N) is 3. The molecule has 0 spiro atoms. The fraction of sp³-hybridized carbons (Fsp3) is 0.190. The number of aromatic nitrogens is 2. The Balaban J connectivity index is 1.46. The lowest BCUT2D eigenvalue weighted by Crippen LogP contribution is -2.36. The van der Waals surface area contributed by atoms with Crippen LogP contribution in [0.25, 0.3) is 0 Å². The van der Waals surface area contributed by atoms with Crippen LogP contribution in [0.4, 0.5) is 27.4 Å². The quantitative estimate of drug-likeness (QED) is 0.691. The molecule has 29 heavy (non-hydrogen) atoms. The smallest absolute Gasteiger partial charge is 0.258 e. The van der Waals surface area contributed by atoms with Gasteiger partial charge in [-0.2, -0.15) is 0 Å². The van der Waals surface area contributed by atoms with Crippen molar-refractivity contribution in [2.45, 2.75) is 0 Å². The molecule has 2 heterocycles. The van der Waals surface area contributed by atoms with Crippen molar-refractivity contribution >= 4 is 28.9 Å². The maximum absolute atomic E-state index is 13.7. The zero-order valence-electron chi connectivity index (χ0n) is 15.6. The minimum absolute atomic E-state index is 0.110. The number of carbonyl (C=O) groups is 1. The van der Waals surface area contributed by atoms with Crippen LogP contribution in [0.5, 0.6) is 0 Å². The standard InChI is InChI=1S/C21H20FN5O2/c22-16-5-1-2-6-17(16)25-20(28)15-13-23-21(24-14-15)26-18-7-3-4-8-19(18)27-9-11-29-12-10-27/h1-8,13-14H,9-12H2,(H,25,28)(H,23,24,26). The van der Waals surface area contributed by atoms with Crippen molar-refractivity contribution in [3.63, 3.8) is 0 Å². The van der Waals surface area contributed by atoms with E-state index in [4.69, 9.17) is 4.74 Å². The summed E-state index contributed by atoms with van der Waals surface area (Å²) in [5.74, 6) is -0.608. The molecule has 8 heteroatoms. The Morgan fingerprint density at radius 2 is 1.62 bits per heavy atom. The van der Waals surface area contributed by atoms with Crippen LogP contribution in [0.1, 0.15) is 10.4 Å². The highest BCUT2D eigenvalue weighted by atomic mass is 19.1. The number of morpholine rings is 1. The molecule has 0 bridgehead atoms. The number of anilines is 4. The van der Waals surface area contributed by atoms with E-state index in [-0.39, 0.29) is 11.3 Å². The zero-order valence-corrected chi connectivity index (χ0v) is 15.6. The first kappa shape index (κ1) is 18.8. The Bertz CT molecular complexity index is 990. The van der Waals surface area contributed by atoms with Crippen LogP contribution >= 0.6 is 0 Å². The predicted molar refractivity (Wildman–Crippen MR) is 109 cm³/mol. The van der Waals surface area contributed by atoms with Gasteiger partial charge in [0, 0.05) is 25.5 Å². The van der Waals surface area contributed by atoms with Gasteiger partial charge in [0.05, 0.1) is 35.8 Å². The molecule has 2 N–H and O–H groups in total. The number of halogens is 1. The van der Waals surface area contributed by atoms with E-state index in [2.05, 4.69) is 25.5 Å². The molecule has 1 aliphatic heterocycles. The van der Waals surface area contributed by atoms with E-state index in [0.29, 0.717) is 19.2 Å². The number of nitrogens with one attached hydrogen (secondary N) is 2. The van der Waals surface area contributed by atoms with Crippen molar-refractivity contribution in [1.29, 1.82) is 0 Å². The Morgan fingerprint density at radius 1 is 0.966 bits per heavy atom. The summed E-state index contributed by atoms with van der Waals surface area (Å²) in [4.78, 5) is 23.0. The van der Waals surface area contributed by atoms with E-state index >= 15 is 0 Å². The van der Waals surface area contributed by atoms with E-state index in [9.17, 15) is 9.18 Å². The van der Waals surface area contributed by atoms with Gasteiger partial charge in [0.25, 0.3) is 5.91 Å². The fourth-order valence-electron chi connectivity index (χ4n) is 3.05. The largest absolute Gasteiger partial charge is 0.378 e. The van der Waals surface area contributed by atoms with Crippen molar-refractivity contribution < 1.29 is 13.9 Å². The normalized spacial score (nSPS) is 13.8. The number of ether oxygens (including phenoxy) is 1. The first-order chi connectivity index (χ1) is 14.2. The summed E-state index contributed by atoms with van der Waals surface area (Å²) in [5.41, 5.74) is 2.26. The average Bonchev–Trinajstić information content (AvgIpc) is 2.77. The molecule has 7 nitrogen and oxygen atoms in total. The second kappa shape index (κ2) is 8.66. The number of benzene rings is 2. The van der Waals surface area contributed by atoms with E-state index in [1.807, 2.05) is 24.3 Å². The Morgan fingerprint density at radius 3 is 2.34 bits per heavy atom. The first-order valence-electron chi connectivity index (χ1n) is 9.27. The van der Waals surface area contributed by atoms with Crippen molar-refractivity contribution in [3.8, 4) is 0 Å². The van der Waals surface area contributed by atoms with Crippen molar-refractivity contribution in [2.75, 3.05) is 41.8 Å². The van der Waals surface area contributed by atoms with Crippen LogP contribution in [-0.2, 0) is 4.74 Å². The van der Waals surface area contributed by atoms with Crippen LogP contribution < -0.4 is 15.5 Å². The summed E-state index contributed by atoms with van der Waals surface area (Å²) in [6, 6.07) is 13.9. The minimum Gasteiger partial charge on any atom is -0.378 e. The summed E-state index contributed by atoms with van der Waals surface area (Å²) in [5, 5.41) is 5.71. The molecule has 148 valence electrons. The lowest BCUT2D eigenvalue weighted by molar-refractivity contribution is 0.102. The van der Waals surface area contributed by atoms with Crippen LogP contribution in [0.3, 0.4) is 0 Å². The molecule has 0 aliphatic carbocycles. The number of hydrogen-bond donors (Lipinski definition) is 2. The number of amides is 1. The molecule has 1 saturated heterocycles. The molecule has 0 unspecified atom stereocenters. The highest BCUT2D eigenvalue weighted by Crippen LogP contribution is 2.28. The van der Waals surface area contributed by atoms with Gasteiger partial charge in [0.2, 0.25) is 5.95 Å². The second-order valence-corrected chi connectivity index (χ2v) is 6.47. The van der Waals surface area contributed by atoms with Crippen LogP contribution in [0, 0.1) is 5.82 Å². The van der Waals surface area contributed by atoms with E-state index < -0.39 is 11.7 Å². The van der Waals surface area contributed by atoms with Crippen LogP contribution in [-0.4, -0.2) is 42.2 Å². The van der Waals surface area contributed by atoms with Gasteiger partial charge in [-0.05, 0) is 24.3 Å². The molecule has 1 aliphatic rings. The molecule has 3 aromatic rings. The van der Waals surface area contributed by atoms with Crippen LogP contribution in [0.15, 0.2) is 60.9 Å². The van der Waals surface area contributed by atoms with Crippen molar-refractivity contribution in [3.05, 3.63) is 72.3 Å². The molecular weight excluding hydrogens is 373 g/mol. The zero-order chi connectivity index (χ0) is 20.1. The Labute approximate surface area is 167 Å². The lowest BCUT2D eigenvalue weighted by Gasteiger charge is -2.30. The van der Waals surface area contributed by atoms with E-state index in [1.54, 1.807) is 12.1 Å². The molecule has 1 fully saturated rings. The molecule has 0 atom stereocenters. The molecule has 0 saturated carbocycles. The van der Waals surface area contributed by atoms with Gasteiger partial charge >= 0.3 is 0 Å². The number of para-hydroxylation sites is 3. The third-order valence-electron chi connectivity index (χ3n) is 4.54. The van der Waals surface area contributed by atoms with Crippen molar-refractivity contribution in [2.24, 2.45) is 0 Å². The van der Waals surface area contributed by atoms with Gasteiger partial charge in [-0.1, -0.05) is 24.3 Å². The predicted octanol–water partition coefficient (Wildman–Crippen LogP) is 3.45. The average molecular weight is 393 g/mol. The maximum Gasteiger partial charge on any atom is 0.258 e. The number of hydrogen-bond acceptors (Lipinski definition) is 6. The summed E-state index contributed by atoms with van der Waals surface area (Å²) in [6.07, 6.45) is 2.81. The van der Waals surface area contributed by atoms with E-state index in [0.717, 1.165) is 24.5 Å². The van der Waals surface area contributed by atoms with Crippen LogP contribution in [0.2, 0.25) is 0 Å². The van der Waals surface area contributed by atoms with Gasteiger partial charge in [-0.3, -0.25) is 4.79 Å². The van der Waals surface area contributed by atoms with E-state index in [1.165, 1.54) is 24.5 Å². The monoisotopic (exact) mass is 393 g/mol. The Kier molecular flexibility index (Phi) is 5.62.